The Labute approximate surface area is 216 Å². The second-order valence-corrected chi connectivity index (χ2v) is 9.99. The second kappa shape index (κ2) is 12.9. The average molecular weight is 504 g/mol. The van der Waals surface area contributed by atoms with Crippen molar-refractivity contribution in [1.29, 1.82) is 0 Å². The van der Waals surface area contributed by atoms with Gasteiger partial charge in [-0.15, -0.1) is 24.8 Å². The molecule has 186 valence electrons. The molecule has 6 heteroatoms. The van der Waals surface area contributed by atoms with Crippen LogP contribution in [0.3, 0.4) is 0 Å². The number of rotatable bonds is 7. The number of nitrogens with zero attached hydrogens (tertiary/aromatic N) is 2. The van der Waals surface area contributed by atoms with Crippen LogP contribution in [0.4, 0.5) is 0 Å². The molecule has 34 heavy (non-hydrogen) atoms. The van der Waals surface area contributed by atoms with Crippen LogP contribution in [0.1, 0.15) is 87.3 Å². The largest absolute Gasteiger partial charge is 0.344 e. The minimum absolute atomic E-state index is 0. The zero-order chi connectivity index (χ0) is 21.8. The lowest BCUT2D eigenvalue weighted by Gasteiger charge is -2.28. The molecule has 0 radical (unpaired) electrons. The summed E-state index contributed by atoms with van der Waals surface area (Å²) in [6, 6.07) is 15.0. The van der Waals surface area contributed by atoms with E-state index in [4.69, 9.17) is 5.73 Å². The molecule has 1 atom stereocenters. The molecule has 0 aliphatic heterocycles. The number of nitrogens with one attached hydrogen (secondary N) is 1. The first-order chi connectivity index (χ1) is 15.8. The topological polar surface area (TPSA) is 55.9 Å². The third-order valence-corrected chi connectivity index (χ3v) is 7.84. The lowest BCUT2D eigenvalue weighted by Crippen LogP contribution is -2.38. The van der Waals surface area contributed by atoms with Crippen LogP contribution in [0.25, 0.3) is 10.9 Å². The molecule has 2 aromatic heterocycles. The number of hydrogen-bond acceptors (Lipinski definition) is 3. The number of benzene rings is 1. The van der Waals surface area contributed by atoms with Gasteiger partial charge in [0.1, 0.15) is 0 Å². The van der Waals surface area contributed by atoms with E-state index in [0.29, 0.717) is 24.0 Å². The maximum absolute atomic E-state index is 6.11. The highest BCUT2D eigenvalue weighted by Crippen LogP contribution is 2.38. The van der Waals surface area contributed by atoms with E-state index in [1.54, 1.807) is 0 Å². The lowest BCUT2D eigenvalue weighted by atomic mass is 9.88. The van der Waals surface area contributed by atoms with E-state index < -0.39 is 0 Å². The normalized spacial score (nSPS) is 22.0. The highest BCUT2D eigenvalue weighted by molar-refractivity contribution is 5.86. The summed E-state index contributed by atoms with van der Waals surface area (Å²) in [6.45, 7) is 1.03. The number of halogens is 2. The number of aromatic nitrogens is 2. The van der Waals surface area contributed by atoms with Crippen LogP contribution in [0.2, 0.25) is 0 Å². The Hall–Kier alpha value is -1.59. The first kappa shape index (κ1) is 27.0. The second-order valence-electron chi connectivity index (χ2n) is 9.99. The van der Waals surface area contributed by atoms with Crippen molar-refractivity contribution in [1.82, 2.24) is 14.9 Å². The van der Waals surface area contributed by atoms with Crippen molar-refractivity contribution >= 4 is 35.7 Å². The van der Waals surface area contributed by atoms with Crippen molar-refractivity contribution in [2.45, 2.75) is 88.3 Å². The van der Waals surface area contributed by atoms with Gasteiger partial charge in [-0.3, -0.25) is 4.98 Å². The van der Waals surface area contributed by atoms with E-state index >= 15 is 0 Å². The van der Waals surface area contributed by atoms with Crippen molar-refractivity contribution in [2.24, 2.45) is 5.73 Å². The van der Waals surface area contributed by atoms with E-state index in [1.807, 2.05) is 6.20 Å². The Morgan fingerprint density at radius 3 is 2.44 bits per heavy atom. The molecule has 2 fully saturated rings. The van der Waals surface area contributed by atoms with Gasteiger partial charge in [-0.2, -0.15) is 0 Å². The summed E-state index contributed by atoms with van der Waals surface area (Å²) < 4.78 is 2.60. The highest BCUT2D eigenvalue weighted by Gasteiger charge is 2.24. The number of fused-ring (bicyclic) bond motifs is 1. The summed E-state index contributed by atoms with van der Waals surface area (Å²) in [5.41, 5.74) is 10.3. The quantitative estimate of drug-likeness (QED) is 0.374. The molecule has 0 saturated heterocycles. The van der Waals surface area contributed by atoms with Gasteiger partial charge < -0.3 is 15.6 Å². The number of para-hydroxylation sites is 1. The predicted octanol–water partition coefficient (Wildman–Crippen LogP) is 6.77. The third-order valence-electron chi connectivity index (χ3n) is 7.84. The molecule has 3 N–H and O–H groups in total. The number of nitrogens with two attached hydrogens (primary N) is 1. The molecular formula is C28H40Cl2N4. The van der Waals surface area contributed by atoms with Gasteiger partial charge in [0, 0.05) is 53.5 Å². The Morgan fingerprint density at radius 2 is 1.71 bits per heavy atom. The highest BCUT2D eigenvalue weighted by atomic mass is 35.5. The van der Waals surface area contributed by atoms with Crippen LogP contribution in [0.15, 0.2) is 55.0 Å². The fraction of sp³-hybridized carbons (Fsp3) is 0.536. The summed E-state index contributed by atoms with van der Waals surface area (Å²) >= 11 is 0. The molecule has 0 amide bonds. The predicted molar refractivity (Wildman–Crippen MR) is 147 cm³/mol. The zero-order valence-corrected chi connectivity index (χ0v) is 21.7. The standard InChI is InChI=1S/C28H38N4.2ClH/c29-22-12-14-23(15-13-22)31-18-16-25(21-7-6-17-30-19-21)27-20-32(24-8-2-1-3-9-24)28-11-5-4-10-26(27)28;;/h4-7,10-11,17,19-20,22-25,31H,1-3,8-9,12-16,18,29H2;2*1H. The zero-order valence-electron chi connectivity index (χ0n) is 20.1. The first-order valence-electron chi connectivity index (χ1n) is 12.8. The Balaban J connectivity index is 0.00000162. The molecule has 0 spiro atoms. The van der Waals surface area contributed by atoms with Crippen LogP contribution in [-0.2, 0) is 0 Å². The summed E-state index contributed by atoms with van der Waals surface area (Å²) in [4.78, 5) is 4.47. The van der Waals surface area contributed by atoms with E-state index in [2.05, 4.69) is 63.7 Å². The molecular weight excluding hydrogens is 463 g/mol. The minimum atomic E-state index is 0. The molecule has 2 heterocycles. The number of pyridine rings is 1. The van der Waals surface area contributed by atoms with Crippen molar-refractivity contribution in [3.8, 4) is 0 Å². The van der Waals surface area contributed by atoms with Gasteiger partial charge in [-0.25, -0.2) is 0 Å². The van der Waals surface area contributed by atoms with Crippen LogP contribution in [-0.4, -0.2) is 28.2 Å². The van der Waals surface area contributed by atoms with Gasteiger partial charge in [0.25, 0.3) is 0 Å². The maximum Gasteiger partial charge on any atom is 0.0485 e. The molecule has 4 nitrogen and oxygen atoms in total. The maximum atomic E-state index is 6.11. The van der Waals surface area contributed by atoms with Gasteiger partial charge in [-0.05, 0) is 74.8 Å². The van der Waals surface area contributed by atoms with Crippen LogP contribution in [0, 0.1) is 0 Å². The summed E-state index contributed by atoms with van der Waals surface area (Å²) in [5.74, 6) is 0.358. The monoisotopic (exact) mass is 502 g/mol. The van der Waals surface area contributed by atoms with E-state index in [0.717, 1.165) is 25.8 Å². The molecule has 0 bridgehead atoms. The molecule has 1 unspecified atom stereocenters. The van der Waals surface area contributed by atoms with Gasteiger partial charge >= 0.3 is 0 Å². The Morgan fingerprint density at radius 1 is 0.941 bits per heavy atom. The average Bonchev–Trinajstić information content (AvgIpc) is 3.24. The minimum Gasteiger partial charge on any atom is -0.344 e. The molecule has 1 aromatic carbocycles. The fourth-order valence-corrected chi connectivity index (χ4v) is 6.01. The van der Waals surface area contributed by atoms with Crippen LogP contribution in [0.5, 0.6) is 0 Å². The SMILES string of the molecule is Cl.Cl.NC1CCC(NCCC(c2cccnc2)c2cn(C3CCCCC3)c3ccccc23)CC1. The third kappa shape index (κ3) is 6.15. The summed E-state index contributed by atoms with van der Waals surface area (Å²) in [5, 5.41) is 5.26. The molecule has 3 aromatic rings. The van der Waals surface area contributed by atoms with Gasteiger partial charge in [-0.1, -0.05) is 43.5 Å². The van der Waals surface area contributed by atoms with Crippen molar-refractivity contribution < 1.29 is 0 Å². The van der Waals surface area contributed by atoms with E-state index in [9.17, 15) is 0 Å². The van der Waals surface area contributed by atoms with Crippen molar-refractivity contribution in [2.75, 3.05) is 6.54 Å². The first-order valence-corrected chi connectivity index (χ1v) is 12.8. The van der Waals surface area contributed by atoms with Crippen LogP contribution >= 0.6 is 24.8 Å². The van der Waals surface area contributed by atoms with Gasteiger partial charge in [0.05, 0.1) is 0 Å². The van der Waals surface area contributed by atoms with Crippen LogP contribution < -0.4 is 11.1 Å². The van der Waals surface area contributed by atoms with Crippen molar-refractivity contribution in [3.63, 3.8) is 0 Å². The van der Waals surface area contributed by atoms with E-state index in [-0.39, 0.29) is 24.8 Å². The molecule has 5 rings (SSSR count). The Bertz CT molecular complexity index is 992. The Kier molecular flexibility index (Phi) is 10.3. The summed E-state index contributed by atoms with van der Waals surface area (Å²) in [6.07, 6.45) is 19.0. The lowest BCUT2D eigenvalue weighted by molar-refractivity contribution is 0.340. The molecule has 2 aliphatic rings. The van der Waals surface area contributed by atoms with Crippen molar-refractivity contribution in [3.05, 3.63) is 66.1 Å². The summed E-state index contributed by atoms with van der Waals surface area (Å²) in [7, 11) is 0. The van der Waals surface area contributed by atoms with E-state index in [1.165, 1.54) is 67.0 Å². The van der Waals surface area contributed by atoms with Gasteiger partial charge in [0.2, 0.25) is 0 Å². The number of hydrogen-bond donors (Lipinski definition) is 2. The smallest absolute Gasteiger partial charge is 0.0485 e. The molecule has 2 aliphatic carbocycles. The molecule has 2 saturated carbocycles. The van der Waals surface area contributed by atoms with Gasteiger partial charge in [0.15, 0.2) is 0 Å². The fourth-order valence-electron chi connectivity index (χ4n) is 6.01.